The first-order valence-electron chi connectivity index (χ1n) is 5.22. The third-order valence-electron chi connectivity index (χ3n) is 1.97. The predicted molar refractivity (Wildman–Crippen MR) is 77.8 cm³/mol. The van der Waals surface area contributed by atoms with Crippen LogP contribution in [0.15, 0.2) is 33.6 Å². The van der Waals surface area contributed by atoms with E-state index in [1.807, 2.05) is 12.1 Å². The molecule has 3 nitrogen and oxygen atoms in total. The van der Waals surface area contributed by atoms with E-state index < -0.39 is 0 Å². The highest BCUT2D eigenvalue weighted by Gasteiger charge is 2.03. The van der Waals surface area contributed by atoms with E-state index in [1.54, 1.807) is 23.1 Å². The Morgan fingerprint density at radius 1 is 1.29 bits per heavy atom. The standard InChI is InChI=1S/C11H12BrN3S2/c1-2-13-11-15-14-10(17-11)7-16-9-5-3-8(12)4-6-9/h3-6H,2,7H2,1H3,(H,13,15). The number of rotatable bonds is 5. The lowest BCUT2D eigenvalue weighted by Gasteiger charge is -1.98. The fourth-order valence-electron chi connectivity index (χ4n) is 1.21. The Labute approximate surface area is 117 Å². The summed E-state index contributed by atoms with van der Waals surface area (Å²) in [6.07, 6.45) is 0. The maximum absolute atomic E-state index is 4.14. The molecule has 0 radical (unpaired) electrons. The van der Waals surface area contributed by atoms with Crippen molar-refractivity contribution in [2.24, 2.45) is 0 Å². The van der Waals surface area contributed by atoms with E-state index in [4.69, 9.17) is 0 Å². The predicted octanol–water partition coefficient (Wildman–Crippen LogP) is 4.02. The van der Waals surface area contributed by atoms with Crippen molar-refractivity contribution in [2.75, 3.05) is 11.9 Å². The molecule has 0 aliphatic heterocycles. The molecular weight excluding hydrogens is 318 g/mol. The van der Waals surface area contributed by atoms with Crippen molar-refractivity contribution in [2.45, 2.75) is 17.6 Å². The van der Waals surface area contributed by atoms with Crippen LogP contribution in [-0.2, 0) is 5.75 Å². The molecule has 0 spiro atoms. The number of anilines is 1. The van der Waals surface area contributed by atoms with E-state index in [0.29, 0.717) is 0 Å². The van der Waals surface area contributed by atoms with Crippen LogP contribution in [0.3, 0.4) is 0 Å². The Bertz CT molecular complexity index is 470. The summed E-state index contributed by atoms with van der Waals surface area (Å²) in [5, 5.41) is 13.3. The molecule has 1 heterocycles. The maximum atomic E-state index is 4.14. The quantitative estimate of drug-likeness (QED) is 0.840. The first-order chi connectivity index (χ1) is 8.28. The van der Waals surface area contributed by atoms with Gasteiger partial charge in [-0.3, -0.25) is 0 Å². The van der Waals surface area contributed by atoms with Crippen molar-refractivity contribution in [1.29, 1.82) is 0 Å². The van der Waals surface area contributed by atoms with E-state index in [0.717, 1.165) is 26.9 Å². The van der Waals surface area contributed by atoms with Crippen molar-refractivity contribution in [3.63, 3.8) is 0 Å². The second-order valence-electron chi connectivity index (χ2n) is 3.27. The molecule has 1 N–H and O–H groups in total. The fourth-order valence-corrected chi connectivity index (χ4v) is 3.17. The summed E-state index contributed by atoms with van der Waals surface area (Å²) in [5.41, 5.74) is 0. The molecule has 2 aromatic rings. The van der Waals surface area contributed by atoms with Gasteiger partial charge in [0.1, 0.15) is 5.01 Å². The van der Waals surface area contributed by atoms with Crippen molar-refractivity contribution < 1.29 is 0 Å². The van der Waals surface area contributed by atoms with Crippen molar-refractivity contribution in [1.82, 2.24) is 10.2 Å². The van der Waals surface area contributed by atoms with Crippen LogP contribution in [0.25, 0.3) is 0 Å². The first kappa shape index (κ1) is 12.9. The Balaban J connectivity index is 1.90. The van der Waals surface area contributed by atoms with Gasteiger partial charge < -0.3 is 5.32 Å². The second kappa shape index (κ2) is 6.37. The van der Waals surface area contributed by atoms with Gasteiger partial charge in [0.15, 0.2) is 0 Å². The maximum Gasteiger partial charge on any atom is 0.205 e. The van der Waals surface area contributed by atoms with Crippen LogP contribution in [0.5, 0.6) is 0 Å². The van der Waals surface area contributed by atoms with Gasteiger partial charge in [-0.1, -0.05) is 27.3 Å². The molecule has 0 atom stereocenters. The van der Waals surface area contributed by atoms with Gasteiger partial charge in [0, 0.05) is 15.9 Å². The molecular formula is C11H12BrN3S2. The average molecular weight is 330 g/mol. The van der Waals surface area contributed by atoms with E-state index in [2.05, 4.69) is 50.5 Å². The summed E-state index contributed by atoms with van der Waals surface area (Å²) in [4.78, 5) is 1.24. The van der Waals surface area contributed by atoms with Gasteiger partial charge in [-0.15, -0.1) is 22.0 Å². The molecule has 0 aliphatic rings. The van der Waals surface area contributed by atoms with Gasteiger partial charge in [0.05, 0.1) is 5.75 Å². The molecule has 1 aromatic carbocycles. The van der Waals surface area contributed by atoms with Crippen molar-refractivity contribution in [3.8, 4) is 0 Å². The minimum Gasteiger partial charge on any atom is -0.360 e. The molecule has 90 valence electrons. The van der Waals surface area contributed by atoms with Gasteiger partial charge in [0.25, 0.3) is 0 Å². The van der Waals surface area contributed by atoms with Crippen LogP contribution in [-0.4, -0.2) is 16.7 Å². The van der Waals surface area contributed by atoms with E-state index in [1.165, 1.54) is 4.90 Å². The number of hydrogen-bond donors (Lipinski definition) is 1. The molecule has 0 saturated carbocycles. The normalized spacial score (nSPS) is 10.5. The summed E-state index contributed by atoms with van der Waals surface area (Å²) >= 11 is 6.81. The van der Waals surface area contributed by atoms with Gasteiger partial charge in [-0.25, -0.2) is 0 Å². The van der Waals surface area contributed by atoms with Gasteiger partial charge in [-0.2, -0.15) is 0 Å². The lowest BCUT2D eigenvalue weighted by molar-refractivity contribution is 1.03. The van der Waals surface area contributed by atoms with Crippen LogP contribution in [0, 0.1) is 0 Å². The number of thioether (sulfide) groups is 1. The van der Waals surface area contributed by atoms with Crippen molar-refractivity contribution in [3.05, 3.63) is 33.7 Å². The molecule has 0 fully saturated rings. The van der Waals surface area contributed by atoms with Gasteiger partial charge in [0.2, 0.25) is 5.13 Å². The zero-order valence-electron chi connectivity index (χ0n) is 9.31. The van der Waals surface area contributed by atoms with E-state index in [9.17, 15) is 0 Å². The smallest absolute Gasteiger partial charge is 0.205 e. The molecule has 0 saturated heterocycles. The molecule has 0 unspecified atom stereocenters. The molecule has 0 aliphatic carbocycles. The highest BCUT2D eigenvalue weighted by Crippen LogP contribution is 2.26. The summed E-state index contributed by atoms with van der Waals surface area (Å²) < 4.78 is 1.10. The monoisotopic (exact) mass is 329 g/mol. The lowest BCUT2D eigenvalue weighted by Crippen LogP contribution is -1.94. The van der Waals surface area contributed by atoms with Crippen LogP contribution < -0.4 is 5.32 Å². The molecule has 2 rings (SSSR count). The number of halogens is 1. The van der Waals surface area contributed by atoms with Crippen LogP contribution in [0.2, 0.25) is 0 Å². The Hall–Kier alpha value is -0.590. The molecule has 0 amide bonds. The molecule has 1 aromatic heterocycles. The van der Waals surface area contributed by atoms with Gasteiger partial charge >= 0.3 is 0 Å². The zero-order chi connectivity index (χ0) is 12.1. The minimum atomic E-state index is 0.866. The highest BCUT2D eigenvalue weighted by atomic mass is 79.9. The van der Waals surface area contributed by atoms with E-state index in [-0.39, 0.29) is 0 Å². The van der Waals surface area contributed by atoms with Gasteiger partial charge in [-0.05, 0) is 31.2 Å². The Morgan fingerprint density at radius 2 is 2.06 bits per heavy atom. The third kappa shape index (κ3) is 3.97. The summed E-state index contributed by atoms with van der Waals surface area (Å²) in [6, 6.07) is 8.29. The number of hydrogen-bond acceptors (Lipinski definition) is 5. The number of aromatic nitrogens is 2. The van der Waals surface area contributed by atoms with Crippen molar-refractivity contribution >= 4 is 44.2 Å². The molecule has 6 heteroatoms. The fraction of sp³-hybridized carbons (Fsp3) is 0.273. The van der Waals surface area contributed by atoms with Crippen LogP contribution >= 0.6 is 39.0 Å². The SMILES string of the molecule is CCNc1nnc(CSc2ccc(Br)cc2)s1. The highest BCUT2D eigenvalue weighted by molar-refractivity contribution is 9.10. The number of nitrogens with one attached hydrogen (secondary N) is 1. The largest absolute Gasteiger partial charge is 0.360 e. The average Bonchev–Trinajstić information content (AvgIpc) is 2.77. The van der Waals surface area contributed by atoms with Crippen LogP contribution in [0.1, 0.15) is 11.9 Å². The Morgan fingerprint density at radius 3 is 2.76 bits per heavy atom. The van der Waals surface area contributed by atoms with Crippen LogP contribution in [0.4, 0.5) is 5.13 Å². The molecule has 17 heavy (non-hydrogen) atoms. The third-order valence-corrected chi connectivity index (χ3v) is 4.59. The Kier molecular flexibility index (Phi) is 4.82. The number of nitrogens with zero attached hydrogens (tertiary/aromatic N) is 2. The second-order valence-corrected chi connectivity index (χ2v) is 6.30. The number of benzene rings is 1. The summed E-state index contributed by atoms with van der Waals surface area (Å²) in [5.74, 6) is 0.866. The topological polar surface area (TPSA) is 37.8 Å². The lowest BCUT2D eigenvalue weighted by atomic mass is 10.4. The molecule has 0 bridgehead atoms. The first-order valence-corrected chi connectivity index (χ1v) is 7.82. The minimum absolute atomic E-state index is 0.866. The van der Waals surface area contributed by atoms with E-state index >= 15 is 0 Å². The zero-order valence-corrected chi connectivity index (χ0v) is 12.5. The summed E-state index contributed by atoms with van der Waals surface area (Å²) in [6.45, 7) is 2.94. The summed E-state index contributed by atoms with van der Waals surface area (Å²) in [7, 11) is 0.